The summed E-state index contributed by atoms with van der Waals surface area (Å²) in [5.74, 6) is 1.21. The summed E-state index contributed by atoms with van der Waals surface area (Å²) < 4.78 is 45.8. The lowest BCUT2D eigenvalue weighted by molar-refractivity contribution is -0.163. The molecule has 5 rings (SSSR count). The van der Waals surface area contributed by atoms with Crippen LogP contribution in [-0.2, 0) is 18.9 Å². The van der Waals surface area contributed by atoms with Crippen LogP contribution in [0.5, 0.6) is 23.0 Å². The van der Waals surface area contributed by atoms with E-state index in [1.165, 1.54) is 89.9 Å². The molecule has 0 saturated carbocycles. The molecule has 0 spiro atoms. The zero-order chi connectivity index (χ0) is 43.1. The Balaban J connectivity index is 0.831. The normalized spacial score (nSPS) is 16.5. The molecule has 10 heteroatoms. The molecule has 0 radical (unpaired) electrons. The molecule has 2 aliphatic heterocycles. The molecule has 342 valence electrons. The molecule has 2 unspecified atom stereocenters. The number of benzene rings is 3. The van der Waals surface area contributed by atoms with E-state index < -0.39 is 11.9 Å². The van der Waals surface area contributed by atoms with Crippen molar-refractivity contribution in [1.82, 2.24) is 0 Å². The second kappa shape index (κ2) is 31.0. The monoisotopic (exact) mass is 859 g/mol. The Morgan fingerprint density at radius 1 is 0.387 bits per heavy atom. The molecular formula is C52H74O10. The van der Waals surface area contributed by atoms with Gasteiger partial charge in [-0.05, 0) is 137 Å². The predicted octanol–water partition coefficient (Wildman–Crippen LogP) is 13.0. The third-order valence-corrected chi connectivity index (χ3v) is 11.4. The standard InChI is InChI=1S/C52H74O10/c53-51(43-25-29-45(30-26-43)55-37-17-11-7-3-1-5-9-13-19-39-57-49-23-15-21-41-59-49)61-47-33-35-48(36-34-47)62-52(54)44-27-31-46(32-28-44)56-38-18-12-8-4-2-6-10-14-20-40-58-50-24-16-22-42-60-50/h25-36,49-50H,1-24,37-42H2. The molecule has 0 N–H and O–H groups in total. The maximum absolute atomic E-state index is 12.8. The van der Waals surface area contributed by atoms with Crippen molar-refractivity contribution >= 4 is 11.9 Å². The first kappa shape index (κ1) is 49.1. The molecule has 3 aromatic carbocycles. The summed E-state index contributed by atoms with van der Waals surface area (Å²) in [6, 6.07) is 20.4. The van der Waals surface area contributed by atoms with Gasteiger partial charge >= 0.3 is 11.9 Å². The van der Waals surface area contributed by atoms with Crippen molar-refractivity contribution in [1.29, 1.82) is 0 Å². The van der Waals surface area contributed by atoms with Gasteiger partial charge in [0.05, 0.1) is 24.3 Å². The quantitative estimate of drug-likeness (QED) is 0.0342. The van der Waals surface area contributed by atoms with Crippen molar-refractivity contribution in [3.8, 4) is 23.0 Å². The van der Waals surface area contributed by atoms with Crippen LogP contribution in [0.2, 0.25) is 0 Å². The van der Waals surface area contributed by atoms with Gasteiger partial charge in [-0.25, -0.2) is 9.59 Å². The van der Waals surface area contributed by atoms with Gasteiger partial charge in [0.15, 0.2) is 12.6 Å². The van der Waals surface area contributed by atoms with Crippen molar-refractivity contribution in [2.45, 2.75) is 167 Å². The Bertz CT molecular complexity index is 1480. The molecule has 2 fully saturated rings. The minimum absolute atomic E-state index is 0.0349. The van der Waals surface area contributed by atoms with Gasteiger partial charge in [-0.15, -0.1) is 0 Å². The zero-order valence-electron chi connectivity index (χ0n) is 37.4. The number of carbonyl (C=O) groups excluding carboxylic acids is 2. The molecule has 2 saturated heterocycles. The van der Waals surface area contributed by atoms with Gasteiger partial charge in [0.25, 0.3) is 0 Å². The molecule has 2 atom stereocenters. The van der Waals surface area contributed by atoms with Crippen LogP contribution in [0.4, 0.5) is 0 Å². The lowest BCUT2D eigenvalue weighted by Gasteiger charge is -2.22. The zero-order valence-corrected chi connectivity index (χ0v) is 37.4. The number of hydrogen-bond acceptors (Lipinski definition) is 10. The second-order valence-electron chi connectivity index (χ2n) is 16.7. The van der Waals surface area contributed by atoms with E-state index >= 15 is 0 Å². The van der Waals surface area contributed by atoms with Crippen molar-refractivity contribution in [3.05, 3.63) is 83.9 Å². The molecule has 3 aromatic rings. The van der Waals surface area contributed by atoms with E-state index in [9.17, 15) is 9.59 Å². The van der Waals surface area contributed by atoms with E-state index in [0.717, 1.165) is 102 Å². The molecule has 0 aromatic heterocycles. The molecule has 0 amide bonds. The summed E-state index contributed by atoms with van der Waals surface area (Å²) in [4.78, 5) is 25.5. The molecule has 0 aliphatic carbocycles. The van der Waals surface area contributed by atoms with E-state index in [1.54, 1.807) is 72.8 Å². The van der Waals surface area contributed by atoms with Crippen LogP contribution >= 0.6 is 0 Å². The summed E-state index contributed by atoms with van der Waals surface area (Å²) in [5, 5.41) is 0. The molecule has 0 bridgehead atoms. The maximum atomic E-state index is 12.8. The Hall–Kier alpha value is -3.96. The molecule has 62 heavy (non-hydrogen) atoms. The Morgan fingerprint density at radius 3 is 1.02 bits per heavy atom. The predicted molar refractivity (Wildman–Crippen MR) is 242 cm³/mol. The fraction of sp³-hybridized carbons (Fsp3) is 0.615. The number of carbonyl (C=O) groups is 2. The third-order valence-electron chi connectivity index (χ3n) is 11.4. The fourth-order valence-corrected chi connectivity index (χ4v) is 7.66. The number of esters is 2. The van der Waals surface area contributed by atoms with Crippen LogP contribution in [0.15, 0.2) is 72.8 Å². The highest BCUT2D eigenvalue weighted by Crippen LogP contribution is 2.23. The highest BCUT2D eigenvalue weighted by molar-refractivity contribution is 5.92. The van der Waals surface area contributed by atoms with Gasteiger partial charge in [-0.3, -0.25) is 0 Å². The van der Waals surface area contributed by atoms with Crippen LogP contribution in [0.1, 0.15) is 175 Å². The SMILES string of the molecule is O=C(Oc1ccc(OC(=O)c2ccc(OCCCCCCCCCCCOC3CCCCO3)cc2)cc1)c1ccc(OCCCCCCCCCCCOC2CCCCO2)cc1. The van der Waals surface area contributed by atoms with Gasteiger partial charge in [-0.1, -0.05) is 89.9 Å². The highest BCUT2D eigenvalue weighted by atomic mass is 16.7. The highest BCUT2D eigenvalue weighted by Gasteiger charge is 2.15. The molecule has 2 aliphatic rings. The van der Waals surface area contributed by atoms with Crippen LogP contribution in [0.25, 0.3) is 0 Å². The Kier molecular flexibility index (Phi) is 24.5. The number of unbranched alkanes of at least 4 members (excludes halogenated alkanes) is 16. The van der Waals surface area contributed by atoms with Gasteiger partial charge < -0.3 is 37.9 Å². The molecule has 10 nitrogen and oxygen atoms in total. The Morgan fingerprint density at radius 2 is 0.694 bits per heavy atom. The Labute approximate surface area is 371 Å². The topological polar surface area (TPSA) is 108 Å². The van der Waals surface area contributed by atoms with E-state index in [0.29, 0.717) is 35.8 Å². The first-order chi connectivity index (χ1) is 30.6. The minimum atomic E-state index is -0.477. The van der Waals surface area contributed by atoms with Crippen LogP contribution < -0.4 is 18.9 Å². The fourth-order valence-electron chi connectivity index (χ4n) is 7.66. The van der Waals surface area contributed by atoms with E-state index in [2.05, 4.69) is 0 Å². The summed E-state index contributed by atoms with van der Waals surface area (Å²) in [6.45, 7) is 4.63. The van der Waals surface area contributed by atoms with E-state index in [4.69, 9.17) is 37.9 Å². The van der Waals surface area contributed by atoms with Gasteiger partial charge in [0.2, 0.25) is 0 Å². The number of rotatable bonds is 32. The smallest absolute Gasteiger partial charge is 0.343 e. The summed E-state index contributed by atoms with van der Waals surface area (Å²) >= 11 is 0. The maximum Gasteiger partial charge on any atom is 0.343 e. The number of hydrogen-bond donors (Lipinski definition) is 0. The van der Waals surface area contributed by atoms with Gasteiger partial charge in [-0.2, -0.15) is 0 Å². The first-order valence-corrected chi connectivity index (χ1v) is 24.1. The van der Waals surface area contributed by atoms with Crippen molar-refractivity contribution in [2.24, 2.45) is 0 Å². The summed E-state index contributed by atoms with van der Waals surface area (Å²) in [7, 11) is 0. The van der Waals surface area contributed by atoms with E-state index in [1.807, 2.05) is 0 Å². The van der Waals surface area contributed by atoms with Crippen LogP contribution in [0.3, 0.4) is 0 Å². The number of ether oxygens (including phenoxy) is 8. The lowest BCUT2D eigenvalue weighted by Crippen LogP contribution is -2.22. The first-order valence-electron chi connectivity index (χ1n) is 24.1. The molecular weight excluding hydrogens is 785 g/mol. The van der Waals surface area contributed by atoms with Crippen molar-refractivity contribution in [3.63, 3.8) is 0 Å². The van der Waals surface area contributed by atoms with Crippen LogP contribution in [-0.4, -0.2) is 64.2 Å². The van der Waals surface area contributed by atoms with Crippen molar-refractivity contribution in [2.75, 3.05) is 39.6 Å². The average molecular weight is 859 g/mol. The third kappa shape index (κ3) is 20.9. The summed E-state index contributed by atoms with van der Waals surface area (Å²) in [5.41, 5.74) is 0.844. The lowest BCUT2D eigenvalue weighted by atomic mass is 10.1. The second-order valence-corrected chi connectivity index (χ2v) is 16.7. The average Bonchev–Trinajstić information content (AvgIpc) is 3.31. The van der Waals surface area contributed by atoms with Gasteiger partial charge in [0, 0.05) is 26.4 Å². The largest absolute Gasteiger partial charge is 0.494 e. The summed E-state index contributed by atoms with van der Waals surface area (Å²) in [6.07, 6.45) is 28.6. The minimum Gasteiger partial charge on any atom is -0.494 e. The molecule has 2 heterocycles. The van der Waals surface area contributed by atoms with E-state index in [-0.39, 0.29) is 12.6 Å². The van der Waals surface area contributed by atoms with Gasteiger partial charge in [0.1, 0.15) is 23.0 Å². The van der Waals surface area contributed by atoms with Crippen LogP contribution in [0, 0.1) is 0 Å². The van der Waals surface area contributed by atoms with Crippen molar-refractivity contribution < 1.29 is 47.5 Å².